The lowest BCUT2D eigenvalue weighted by Gasteiger charge is -2.34. The highest BCUT2D eigenvalue weighted by molar-refractivity contribution is 14.0. The predicted molar refractivity (Wildman–Crippen MR) is 114 cm³/mol. The molecule has 2 aliphatic rings. The van der Waals surface area contributed by atoms with Crippen molar-refractivity contribution in [3.63, 3.8) is 0 Å². The molecule has 7 nitrogen and oxygen atoms in total. The molecular formula is C18H31IN6O. The molecule has 2 aliphatic heterocycles. The van der Waals surface area contributed by atoms with Crippen molar-refractivity contribution >= 4 is 35.8 Å². The van der Waals surface area contributed by atoms with Crippen LogP contribution in [0.3, 0.4) is 0 Å². The number of primary amides is 1. The molecule has 1 amide bonds. The third-order valence-corrected chi connectivity index (χ3v) is 5.14. The number of aryl methyl sites for hydroxylation is 2. The summed E-state index contributed by atoms with van der Waals surface area (Å²) in [6.45, 7) is 3.75. The summed E-state index contributed by atoms with van der Waals surface area (Å²) in [4.78, 5) is 22.6. The Morgan fingerprint density at radius 3 is 2.96 bits per heavy atom. The van der Waals surface area contributed by atoms with Crippen LogP contribution in [0.4, 0.5) is 0 Å². The molecular weight excluding hydrogens is 443 g/mol. The van der Waals surface area contributed by atoms with Crippen molar-refractivity contribution in [2.75, 3.05) is 26.7 Å². The van der Waals surface area contributed by atoms with E-state index >= 15 is 0 Å². The van der Waals surface area contributed by atoms with Gasteiger partial charge in [-0.05, 0) is 31.6 Å². The maximum atomic E-state index is 11.2. The minimum Gasteiger partial charge on any atom is -0.370 e. The molecule has 0 saturated carbocycles. The summed E-state index contributed by atoms with van der Waals surface area (Å²) in [5.41, 5.74) is 6.51. The van der Waals surface area contributed by atoms with Crippen LogP contribution in [0.2, 0.25) is 0 Å². The van der Waals surface area contributed by atoms with Crippen LogP contribution < -0.4 is 11.1 Å². The highest BCUT2D eigenvalue weighted by atomic mass is 127. The van der Waals surface area contributed by atoms with Gasteiger partial charge < -0.3 is 20.5 Å². The number of aromatic nitrogens is 2. The number of rotatable bonds is 5. The third kappa shape index (κ3) is 5.59. The molecule has 1 saturated heterocycles. The molecule has 0 bridgehead atoms. The van der Waals surface area contributed by atoms with Crippen LogP contribution in [-0.2, 0) is 24.2 Å². The van der Waals surface area contributed by atoms with Gasteiger partial charge in [0.2, 0.25) is 5.91 Å². The first kappa shape index (κ1) is 21.0. The number of guanidine groups is 1. The number of carbonyl (C=O) groups is 1. The normalized spacial score (nSPS) is 20.3. The number of imidazole rings is 1. The number of hydrogen-bond donors (Lipinski definition) is 2. The van der Waals surface area contributed by atoms with Gasteiger partial charge in [0.15, 0.2) is 5.96 Å². The lowest BCUT2D eigenvalue weighted by atomic mass is 9.95. The first-order valence-corrected chi connectivity index (χ1v) is 9.44. The molecule has 3 rings (SSSR count). The van der Waals surface area contributed by atoms with Crippen LogP contribution in [0.5, 0.6) is 0 Å². The van der Waals surface area contributed by atoms with Gasteiger partial charge in [-0.25, -0.2) is 4.98 Å². The Bertz CT molecular complexity index is 606. The summed E-state index contributed by atoms with van der Waals surface area (Å²) in [5.74, 6) is 2.28. The van der Waals surface area contributed by atoms with E-state index in [2.05, 4.69) is 26.0 Å². The van der Waals surface area contributed by atoms with Crippen LogP contribution in [0, 0.1) is 5.92 Å². The number of carbonyl (C=O) groups excluding carboxylic acids is 1. The highest BCUT2D eigenvalue weighted by Gasteiger charge is 2.23. The molecule has 8 heteroatoms. The van der Waals surface area contributed by atoms with E-state index in [0.29, 0.717) is 12.3 Å². The largest absolute Gasteiger partial charge is 0.370 e. The number of hydrogen-bond acceptors (Lipinski definition) is 3. The number of nitrogens with one attached hydrogen (secondary N) is 1. The van der Waals surface area contributed by atoms with Gasteiger partial charge in [-0.15, -0.1) is 24.0 Å². The summed E-state index contributed by atoms with van der Waals surface area (Å²) >= 11 is 0. The SMILES string of the molecule is CN=C(NCCc1cn2c(n1)CCCC2)N1CCCC(CC(N)=O)C1.I. The fraction of sp³-hybridized carbons (Fsp3) is 0.722. The third-order valence-electron chi connectivity index (χ3n) is 5.14. The van der Waals surface area contributed by atoms with Crippen LogP contribution in [0.25, 0.3) is 0 Å². The van der Waals surface area contributed by atoms with Gasteiger partial charge in [0, 0.05) is 58.7 Å². The van der Waals surface area contributed by atoms with Gasteiger partial charge >= 0.3 is 0 Å². The molecule has 1 aromatic heterocycles. The quantitative estimate of drug-likeness (QED) is 0.385. The number of amides is 1. The van der Waals surface area contributed by atoms with E-state index in [-0.39, 0.29) is 29.9 Å². The molecule has 0 radical (unpaired) electrons. The lowest BCUT2D eigenvalue weighted by molar-refractivity contribution is -0.119. The van der Waals surface area contributed by atoms with E-state index in [4.69, 9.17) is 10.7 Å². The number of piperidine rings is 1. The first-order valence-electron chi connectivity index (χ1n) is 9.44. The summed E-state index contributed by atoms with van der Waals surface area (Å²) in [5, 5.41) is 3.45. The molecule has 1 aromatic rings. The van der Waals surface area contributed by atoms with E-state index < -0.39 is 0 Å². The topological polar surface area (TPSA) is 88.5 Å². The van der Waals surface area contributed by atoms with Crippen LogP contribution in [-0.4, -0.2) is 53.0 Å². The second-order valence-corrected chi connectivity index (χ2v) is 7.15. The molecule has 26 heavy (non-hydrogen) atoms. The smallest absolute Gasteiger partial charge is 0.217 e. The van der Waals surface area contributed by atoms with Crippen molar-refractivity contribution in [1.82, 2.24) is 19.8 Å². The Balaban J connectivity index is 0.00000243. The second kappa shape index (κ2) is 10.1. The van der Waals surface area contributed by atoms with E-state index in [1.807, 2.05) is 7.05 Å². The van der Waals surface area contributed by atoms with Gasteiger partial charge in [-0.3, -0.25) is 9.79 Å². The maximum Gasteiger partial charge on any atom is 0.217 e. The molecule has 0 aromatic carbocycles. The van der Waals surface area contributed by atoms with Gasteiger partial charge in [-0.1, -0.05) is 0 Å². The van der Waals surface area contributed by atoms with E-state index in [1.54, 1.807) is 0 Å². The molecule has 146 valence electrons. The molecule has 3 N–H and O–H groups in total. The molecule has 1 fully saturated rings. The van der Waals surface area contributed by atoms with Gasteiger partial charge in [0.1, 0.15) is 5.82 Å². The molecule has 1 atom stereocenters. The molecule has 3 heterocycles. The van der Waals surface area contributed by atoms with Crippen molar-refractivity contribution in [3.05, 3.63) is 17.7 Å². The Labute approximate surface area is 172 Å². The van der Waals surface area contributed by atoms with E-state index in [0.717, 1.165) is 63.5 Å². The minimum atomic E-state index is -0.210. The zero-order valence-corrected chi connectivity index (χ0v) is 17.9. The van der Waals surface area contributed by atoms with Crippen molar-refractivity contribution in [3.8, 4) is 0 Å². The van der Waals surface area contributed by atoms with Gasteiger partial charge in [-0.2, -0.15) is 0 Å². The van der Waals surface area contributed by atoms with Crippen LogP contribution in [0.15, 0.2) is 11.2 Å². The Morgan fingerprint density at radius 1 is 1.38 bits per heavy atom. The lowest BCUT2D eigenvalue weighted by Crippen LogP contribution is -2.47. The first-order chi connectivity index (χ1) is 12.2. The number of likely N-dealkylation sites (tertiary alicyclic amines) is 1. The second-order valence-electron chi connectivity index (χ2n) is 7.15. The number of fused-ring (bicyclic) bond motifs is 1. The fourth-order valence-electron chi connectivity index (χ4n) is 3.94. The standard InChI is InChI=1S/C18H30N6O.HI/c1-20-18(24-10-4-5-14(12-24)11-16(19)25)21-8-7-15-13-23-9-3-2-6-17(23)22-15;/h13-14H,2-12H2,1H3,(H2,19,25)(H,20,21);1H. The van der Waals surface area contributed by atoms with Crippen molar-refractivity contribution in [2.45, 2.75) is 51.5 Å². The van der Waals surface area contributed by atoms with Crippen molar-refractivity contribution < 1.29 is 4.79 Å². The monoisotopic (exact) mass is 474 g/mol. The zero-order valence-electron chi connectivity index (χ0n) is 15.6. The Hall–Kier alpha value is -1.32. The minimum absolute atomic E-state index is 0. The van der Waals surface area contributed by atoms with Crippen LogP contribution >= 0.6 is 24.0 Å². The van der Waals surface area contributed by atoms with Gasteiger partial charge in [0.05, 0.1) is 5.69 Å². The van der Waals surface area contributed by atoms with Crippen molar-refractivity contribution in [1.29, 1.82) is 0 Å². The average molecular weight is 474 g/mol. The summed E-state index contributed by atoms with van der Waals surface area (Å²) in [6, 6.07) is 0. The molecule has 0 spiro atoms. The predicted octanol–water partition coefficient (Wildman–Crippen LogP) is 1.54. The maximum absolute atomic E-state index is 11.2. The highest BCUT2D eigenvalue weighted by Crippen LogP contribution is 2.19. The van der Waals surface area contributed by atoms with E-state index in [1.165, 1.54) is 18.7 Å². The number of halogens is 1. The Morgan fingerprint density at radius 2 is 2.23 bits per heavy atom. The Kier molecular flexibility index (Phi) is 8.17. The molecule has 1 unspecified atom stereocenters. The number of aliphatic imine (C=N–C) groups is 1. The summed E-state index contributed by atoms with van der Waals surface area (Å²) in [6.07, 6.45) is 9.32. The zero-order chi connectivity index (χ0) is 17.6. The summed E-state index contributed by atoms with van der Waals surface area (Å²) in [7, 11) is 1.81. The van der Waals surface area contributed by atoms with Crippen LogP contribution in [0.1, 0.15) is 43.6 Å². The molecule has 0 aliphatic carbocycles. The average Bonchev–Trinajstić information content (AvgIpc) is 3.01. The number of nitrogens with two attached hydrogens (primary N) is 1. The number of nitrogens with zero attached hydrogens (tertiary/aromatic N) is 4. The van der Waals surface area contributed by atoms with Gasteiger partial charge in [0.25, 0.3) is 0 Å². The summed E-state index contributed by atoms with van der Waals surface area (Å²) < 4.78 is 2.30. The fourth-order valence-corrected chi connectivity index (χ4v) is 3.94. The van der Waals surface area contributed by atoms with Crippen molar-refractivity contribution in [2.24, 2.45) is 16.6 Å². The van der Waals surface area contributed by atoms with E-state index in [9.17, 15) is 4.79 Å².